The number of ether oxygens (including phenoxy) is 1. The summed E-state index contributed by atoms with van der Waals surface area (Å²) in [6, 6.07) is 3.75. The van der Waals surface area contributed by atoms with Crippen molar-refractivity contribution in [3.63, 3.8) is 0 Å². The van der Waals surface area contributed by atoms with Gasteiger partial charge in [-0.25, -0.2) is 0 Å². The minimum atomic E-state index is -0.314. The molecule has 0 aliphatic heterocycles. The molecule has 0 spiro atoms. The Morgan fingerprint density at radius 2 is 2.15 bits per heavy atom. The van der Waals surface area contributed by atoms with Gasteiger partial charge >= 0.3 is 0 Å². The van der Waals surface area contributed by atoms with Crippen LogP contribution in [0.3, 0.4) is 0 Å². The van der Waals surface area contributed by atoms with Crippen molar-refractivity contribution in [2.45, 2.75) is 25.9 Å². The third kappa shape index (κ3) is 2.32. The maximum Gasteiger partial charge on any atom is 0.129 e. The molecule has 0 amide bonds. The van der Waals surface area contributed by atoms with Gasteiger partial charge in [-0.15, -0.1) is 0 Å². The summed E-state index contributed by atoms with van der Waals surface area (Å²) in [4.78, 5) is 0. The number of hydrogen-bond donors (Lipinski definition) is 1. The van der Waals surface area contributed by atoms with Gasteiger partial charge in [-0.3, -0.25) is 0 Å². The highest BCUT2D eigenvalue weighted by Gasteiger charge is 2.23. The Morgan fingerprint density at radius 1 is 1.46 bits per heavy atom. The summed E-state index contributed by atoms with van der Waals surface area (Å²) in [5.74, 6) is 1.58. The van der Waals surface area contributed by atoms with Crippen molar-refractivity contribution in [3.8, 4) is 0 Å². The highest BCUT2D eigenvalue weighted by Crippen LogP contribution is 2.24. The van der Waals surface area contributed by atoms with Crippen LogP contribution < -0.4 is 0 Å². The molecule has 3 nitrogen and oxygen atoms in total. The van der Waals surface area contributed by atoms with Gasteiger partial charge in [0.2, 0.25) is 0 Å². The molecule has 13 heavy (non-hydrogen) atoms. The number of methoxy groups -OCH3 is 1. The summed E-state index contributed by atoms with van der Waals surface area (Å²) in [5, 5.41) is 9.10. The molecule has 1 N–H and O–H groups in total. The third-order valence-corrected chi connectivity index (χ3v) is 2.01. The zero-order valence-corrected chi connectivity index (χ0v) is 8.33. The van der Waals surface area contributed by atoms with Crippen LogP contribution >= 0.6 is 0 Å². The molecule has 0 unspecified atom stereocenters. The Labute approximate surface area is 78.3 Å². The van der Waals surface area contributed by atoms with E-state index >= 15 is 0 Å². The normalized spacial score (nSPS) is 12.0. The van der Waals surface area contributed by atoms with E-state index in [-0.39, 0.29) is 12.0 Å². The summed E-state index contributed by atoms with van der Waals surface area (Å²) in [6.07, 6.45) is 0. The average Bonchev–Trinajstić information content (AvgIpc) is 2.54. The first-order valence-corrected chi connectivity index (χ1v) is 4.29. The Morgan fingerprint density at radius 3 is 2.69 bits per heavy atom. The largest absolute Gasteiger partial charge is 0.463 e. The molecule has 1 rings (SSSR count). The summed E-state index contributed by atoms with van der Waals surface area (Å²) >= 11 is 0. The molecule has 1 aromatic rings. The molecule has 0 aliphatic carbocycles. The van der Waals surface area contributed by atoms with E-state index in [0.29, 0.717) is 6.61 Å². The monoisotopic (exact) mass is 184 g/mol. The highest BCUT2D eigenvalue weighted by molar-refractivity contribution is 5.14. The highest BCUT2D eigenvalue weighted by atomic mass is 16.5. The predicted octanol–water partition coefficient (Wildman–Crippen LogP) is 1.70. The van der Waals surface area contributed by atoms with Crippen molar-refractivity contribution in [2.24, 2.45) is 0 Å². The zero-order chi connectivity index (χ0) is 9.90. The molecule has 74 valence electrons. The first kappa shape index (κ1) is 10.3. The van der Waals surface area contributed by atoms with Gasteiger partial charge in [-0.2, -0.15) is 0 Å². The average molecular weight is 184 g/mol. The number of aliphatic hydroxyl groups is 1. The van der Waals surface area contributed by atoms with Crippen LogP contribution in [0, 0.1) is 0 Å². The summed E-state index contributed by atoms with van der Waals surface area (Å²) < 4.78 is 10.4. The van der Waals surface area contributed by atoms with Gasteiger partial charge in [0.25, 0.3) is 0 Å². The van der Waals surface area contributed by atoms with E-state index in [1.54, 1.807) is 7.11 Å². The lowest BCUT2D eigenvalue weighted by Gasteiger charge is -2.17. The summed E-state index contributed by atoms with van der Waals surface area (Å²) in [5.41, 5.74) is -0.314. The van der Waals surface area contributed by atoms with Gasteiger partial charge in [0.15, 0.2) is 0 Å². The molecule has 0 bridgehead atoms. The Bertz CT molecular complexity index is 263. The summed E-state index contributed by atoms with van der Waals surface area (Å²) in [6.45, 7) is 4.42. The Kier molecular flexibility index (Phi) is 3.12. The van der Waals surface area contributed by atoms with Gasteiger partial charge in [-0.1, -0.05) is 13.8 Å². The van der Waals surface area contributed by atoms with E-state index < -0.39 is 0 Å². The van der Waals surface area contributed by atoms with Crippen molar-refractivity contribution in [1.82, 2.24) is 0 Å². The van der Waals surface area contributed by atoms with Crippen LogP contribution in [0.1, 0.15) is 25.4 Å². The topological polar surface area (TPSA) is 42.6 Å². The molecule has 0 saturated carbocycles. The second-order valence-electron chi connectivity index (χ2n) is 3.74. The van der Waals surface area contributed by atoms with E-state index in [1.807, 2.05) is 26.0 Å². The maximum atomic E-state index is 9.10. The molecule has 0 radical (unpaired) electrons. The van der Waals surface area contributed by atoms with Gasteiger partial charge in [0.1, 0.15) is 18.1 Å². The number of aliphatic hydroxyl groups excluding tert-OH is 1. The molecule has 3 heteroatoms. The van der Waals surface area contributed by atoms with Crippen molar-refractivity contribution in [3.05, 3.63) is 23.7 Å². The molecule has 0 aromatic carbocycles. The van der Waals surface area contributed by atoms with Gasteiger partial charge in [0, 0.05) is 12.5 Å². The quantitative estimate of drug-likeness (QED) is 0.774. The van der Waals surface area contributed by atoms with E-state index in [1.165, 1.54) is 0 Å². The Hall–Kier alpha value is -0.800. The van der Waals surface area contributed by atoms with Crippen LogP contribution in [0.25, 0.3) is 0 Å². The second-order valence-corrected chi connectivity index (χ2v) is 3.74. The predicted molar refractivity (Wildman–Crippen MR) is 49.5 cm³/mol. The van der Waals surface area contributed by atoms with Gasteiger partial charge in [-0.05, 0) is 12.1 Å². The Balaban J connectivity index is 2.79. The van der Waals surface area contributed by atoms with E-state index in [0.717, 1.165) is 11.5 Å². The number of hydrogen-bond acceptors (Lipinski definition) is 3. The first-order valence-electron chi connectivity index (χ1n) is 4.29. The van der Waals surface area contributed by atoms with Crippen LogP contribution in [-0.2, 0) is 16.8 Å². The van der Waals surface area contributed by atoms with Crippen molar-refractivity contribution in [2.75, 3.05) is 13.7 Å². The first-order chi connectivity index (χ1) is 6.10. The van der Waals surface area contributed by atoms with Crippen LogP contribution in [0.15, 0.2) is 16.5 Å². The molecule has 1 heterocycles. The number of furan rings is 1. The van der Waals surface area contributed by atoms with E-state index in [2.05, 4.69) is 0 Å². The number of rotatable bonds is 4. The molecule has 0 atom stereocenters. The lowest BCUT2D eigenvalue weighted by molar-refractivity contribution is 0.152. The zero-order valence-electron chi connectivity index (χ0n) is 8.33. The van der Waals surface area contributed by atoms with Crippen molar-refractivity contribution in [1.29, 1.82) is 0 Å². The molecule has 0 saturated heterocycles. The minimum absolute atomic E-state index is 0.0763. The second kappa shape index (κ2) is 3.94. The maximum absolute atomic E-state index is 9.10. The molecule has 1 aromatic heterocycles. The minimum Gasteiger partial charge on any atom is -0.463 e. The summed E-state index contributed by atoms with van der Waals surface area (Å²) in [7, 11) is 1.62. The smallest absolute Gasteiger partial charge is 0.129 e. The van der Waals surface area contributed by atoms with Gasteiger partial charge in [0.05, 0.1) is 6.61 Å². The fourth-order valence-corrected chi connectivity index (χ4v) is 1.04. The van der Waals surface area contributed by atoms with Crippen LogP contribution in [0.2, 0.25) is 0 Å². The fraction of sp³-hybridized carbons (Fsp3) is 0.600. The lowest BCUT2D eigenvalue weighted by Crippen LogP contribution is -2.21. The molecular weight excluding hydrogens is 168 g/mol. The van der Waals surface area contributed by atoms with E-state index in [4.69, 9.17) is 14.3 Å². The standard InChI is InChI=1S/C10H16O3/c1-10(2,7-11)9-5-4-8(13-9)6-12-3/h4-5,11H,6-7H2,1-3H3. The molecule has 0 aliphatic rings. The lowest BCUT2D eigenvalue weighted by atomic mass is 9.92. The van der Waals surface area contributed by atoms with Crippen LogP contribution in [-0.4, -0.2) is 18.8 Å². The van der Waals surface area contributed by atoms with E-state index in [9.17, 15) is 0 Å². The third-order valence-electron chi connectivity index (χ3n) is 2.01. The van der Waals surface area contributed by atoms with Crippen LogP contribution in [0.5, 0.6) is 0 Å². The molecular formula is C10H16O3. The SMILES string of the molecule is COCc1ccc(C(C)(C)CO)o1. The van der Waals surface area contributed by atoms with Crippen LogP contribution in [0.4, 0.5) is 0 Å². The van der Waals surface area contributed by atoms with Gasteiger partial charge < -0.3 is 14.3 Å². The van der Waals surface area contributed by atoms with Crippen molar-refractivity contribution >= 4 is 0 Å². The fourth-order valence-electron chi connectivity index (χ4n) is 1.04. The van der Waals surface area contributed by atoms with Crippen molar-refractivity contribution < 1.29 is 14.3 Å². The molecule has 0 fully saturated rings.